The van der Waals surface area contributed by atoms with Crippen LogP contribution < -0.4 is 0 Å². The first kappa shape index (κ1) is 12.1. The SMILES string of the molecule is C=C[C](=[W])/C=C/C(C=C)=C/[CH]=[W]. The van der Waals surface area contributed by atoms with Crippen LogP contribution >= 0.6 is 0 Å². The predicted octanol–water partition coefficient (Wildman–Crippen LogP) is 1.91. The Morgan fingerprint density at radius 1 is 1.08 bits per heavy atom. The van der Waals surface area contributed by atoms with Gasteiger partial charge < -0.3 is 0 Å². The third kappa shape index (κ3) is 5.69. The van der Waals surface area contributed by atoms with Crippen molar-refractivity contribution in [1.29, 1.82) is 0 Å². The van der Waals surface area contributed by atoms with Crippen molar-refractivity contribution >= 4 is 8.30 Å². The molecule has 0 saturated carbocycles. The molecule has 0 nitrogen and oxygen atoms in total. The van der Waals surface area contributed by atoms with E-state index < -0.39 is 0 Å². The van der Waals surface area contributed by atoms with Crippen LogP contribution in [0.2, 0.25) is 0 Å². The van der Waals surface area contributed by atoms with E-state index >= 15 is 0 Å². The van der Waals surface area contributed by atoms with E-state index in [-0.39, 0.29) is 0 Å². The van der Waals surface area contributed by atoms with Crippen molar-refractivity contribution in [1.82, 2.24) is 0 Å². The van der Waals surface area contributed by atoms with Gasteiger partial charge in [-0.05, 0) is 0 Å². The maximum atomic E-state index is 3.72. The van der Waals surface area contributed by atoms with Crippen LogP contribution in [0.3, 0.4) is 0 Å². The molecule has 0 aromatic heterocycles. The average molecular weight is 498 g/mol. The van der Waals surface area contributed by atoms with Crippen molar-refractivity contribution in [2.45, 2.75) is 0 Å². The van der Waals surface area contributed by atoms with Crippen LogP contribution in [0.5, 0.6) is 0 Å². The van der Waals surface area contributed by atoms with Crippen LogP contribution in [0.25, 0.3) is 0 Å². The molecule has 0 amide bonds. The Bertz CT molecular complexity index is 257. The van der Waals surface area contributed by atoms with E-state index in [9.17, 15) is 0 Å². The molecule has 0 spiro atoms. The Morgan fingerprint density at radius 2 is 1.75 bits per heavy atom. The van der Waals surface area contributed by atoms with Crippen molar-refractivity contribution in [2.75, 3.05) is 0 Å². The average Bonchev–Trinajstić information content (AvgIpc) is 2.11. The zero-order valence-corrected chi connectivity index (χ0v) is 12.6. The molecule has 0 radical (unpaired) electrons. The van der Waals surface area contributed by atoms with Crippen LogP contribution in [-0.4, -0.2) is 8.30 Å². The fraction of sp³-hybridized carbons (Fsp3) is 0. The summed E-state index contributed by atoms with van der Waals surface area (Å²) in [5.74, 6) is 0. The molecule has 0 unspecified atom stereocenters. The molecule has 0 aromatic rings. The van der Waals surface area contributed by atoms with E-state index in [4.69, 9.17) is 0 Å². The van der Waals surface area contributed by atoms with E-state index in [0.29, 0.717) is 0 Å². The first-order valence-electron chi connectivity index (χ1n) is 3.37. The van der Waals surface area contributed by atoms with Gasteiger partial charge in [0.1, 0.15) is 0 Å². The third-order valence-electron chi connectivity index (χ3n) is 1.14. The third-order valence-corrected chi connectivity index (χ3v) is 2.71. The van der Waals surface area contributed by atoms with E-state index in [1.54, 1.807) is 0 Å². The summed E-state index contributed by atoms with van der Waals surface area (Å²) in [7, 11) is 0. The molecular weight excluding hydrogens is 488 g/mol. The van der Waals surface area contributed by atoms with Gasteiger partial charge in [-0.15, -0.1) is 0 Å². The van der Waals surface area contributed by atoms with Gasteiger partial charge in [0, 0.05) is 0 Å². The summed E-state index contributed by atoms with van der Waals surface area (Å²) in [6.07, 6.45) is 9.89. The van der Waals surface area contributed by atoms with Gasteiger partial charge in [-0.25, -0.2) is 0 Å². The van der Waals surface area contributed by atoms with Gasteiger partial charge in [0.15, 0.2) is 0 Å². The summed E-state index contributed by atoms with van der Waals surface area (Å²) in [5, 5.41) is 0. The van der Waals surface area contributed by atoms with Gasteiger partial charge in [-0.3, -0.25) is 0 Å². The summed E-state index contributed by atoms with van der Waals surface area (Å²) in [6.45, 7) is 7.42. The Morgan fingerprint density at radius 3 is 2.17 bits per heavy atom. The molecule has 0 N–H and O–H groups in total. The molecule has 0 aliphatic rings. The monoisotopic (exact) mass is 498 g/mol. The summed E-state index contributed by atoms with van der Waals surface area (Å²) in [4.78, 5) is 0. The van der Waals surface area contributed by atoms with Crippen LogP contribution in [0, 0.1) is 0 Å². The predicted molar refractivity (Wildman–Crippen MR) is 48.7 cm³/mol. The second-order valence-corrected chi connectivity index (χ2v) is 4.62. The molecule has 0 aromatic carbocycles. The van der Waals surface area contributed by atoms with Crippen LogP contribution in [0.15, 0.2) is 49.1 Å². The van der Waals surface area contributed by atoms with Gasteiger partial charge >= 0.3 is 96.1 Å². The standard InChI is InChI=1S/C10H10.2W/c1-4-7-8-9-10(5-2)6-3;;/h2,4-6,8-9H,1,3H2;;/b9-8+,10-5+;;. The fourth-order valence-electron chi connectivity index (χ4n) is 0.517. The Balaban J connectivity index is 4.39. The zero-order valence-electron chi connectivity index (χ0n) is 6.69. The molecule has 0 heterocycles. The molecular formula is C10H10W2. The number of hydrogen-bond donors (Lipinski definition) is 0. The summed E-state index contributed by atoms with van der Waals surface area (Å²) < 4.78 is 3.32. The Hall–Kier alpha value is 0.0766. The van der Waals surface area contributed by atoms with E-state index in [1.165, 1.54) is 42.6 Å². The number of hydrogen-bond acceptors (Lipinski definition) is 0. The van der Waals surface area contributed by atoms with Crippen molar-refractivity contribution in [3.63, 3.8) is 0 Å². The van der Waals surface area contributed by atoms with E-state index in [1.807, 2.05) is 12.2 Å². The van der Waals surface area contributed by atoms with Crippen molar-refractivity contribution in [2.24, 2.45) is 0 Å². The zero-order chi connectivity index (χ0) is 9.40. The molecule has 0 saturated heterocycles. The van der Waals surface area contributed by atoms with Crippen LogP contribution in [0.1, 0.15) is 0 Å². The van der Waals surface area contributed by atoms with Crippen LogP contribution in [-0.2, 0) is 38.7 Å². The van der Waals surface area contributed by atoms with Gasteiger partial charge in [0.05, 0.1) is 0 Å². The molecule has 0 aliphatic carbocycles. The van der Waals surface area contributed by atoms with Crippen molar-refractivity contribution in [3.8, 4) is 0 Å². The topological polar surface area (TPSA) is 0 Å². The molecule has 2 heteroatoms. The van der Waals surface area contributed by atoms with E-state index in [2.05, 4.69) is 35.8 Å². The second kappa shape index (κ2) is 7.71. The van der Waals surface area contributed by atoms with Gasteiger partial charge in [-0.1, -0.05) is 0 Å². The maximum absolute atomic E-state index is 3.72. The Kier molecular flexibility index (Phi) is 7.76. The molecule has 0 aliphatic heterocycles. The molecule has 0 bridgehead atoms. The van der Waals surface area contributed by atoms with Gasteiger partial charge in [0.25, 0.3) is 0 Å². The molecule has 0 fully saturated rings. The summed E-state index contributed by atoms with van der Waals surface area (Å²) >= 11 is 2.89. The quantitative estimate of drug-likeness (QED) is 0.509. The molecule has 0 rings (SSSR count). The first-order valence-corrected chi connectivity index (χ1v) is 6.53. The summed E-state index contributed by atoms with van der Waals surface area (Å²) in [6, 6.07) is 0. The minimum absolute atomic E-state index is 1.14. The normalized spacial score (nSPS) is 11.2. The second-order valence-electron chi connectivity index (χ2n) is 1.95. The molecule has 12 heavy (non-hydrogen) atoms. The van der Waals surface area contributed by atoms with E-state index in [0.717, 1.165) is 5.57 Å². The minimum atomic E-state index is 1.14. The molecule has 62 valence electrons. The van der Waals surface area contributed by atoms with Gasteiger partial charge in [0.2, 0.25) is 0 Å². The first-order chi connectivity index (χ1) is 5.74. The summed E-state index contributed by atoms with van der Waals surface area (Å²) in [5.41, 5.74) is 1.14. The number of rotatable bonds is 5. The van der Waals surface area contributed by atoms with Gasteiger partial charge in [-0.2, -0.15) is 0 Å². The molecule has 0 atom stereocenters. The van der Waals surface area contributed by atoms with Crippen molar-refractivity contribution < 1.29 is 38.7 Å². The number of allylic oxidation sites excluding steroid dienone is 6. The Labute approximate surface area is 95.6 Å². The van der Waals surface area contributed by atoms with Crippen molar-refractivity contribution in [3.05, 3.63) is 49.1 Å². The van der Waals surface area contributed by atoms with Crippen LogP contribution in [0.4, 0.5) is 0 Å². The fourth-order valence-corrected chi connectivity index (χ4v) is 1.33.